The molecule has 3 aromatic rings. The third-order valence-electron chi connectivity index (χ3n) is 5.04. The van der Waals surface area contributed by atoms with E-state index in [0.717, 1.165) is 28.6 Å². The van der Waals surface area contributed by atoms with Gasteiger partial charge in [-0.25, -0.2) is 18.1 Å². The lowest BCUT2D eigenvalue weighted by atomic mass is 10.2. The number of aromatic nitrogens is 3. The van der Waals surface area contributed by atoms with Gasteiger partial charge < -0.3 is 10.1 Å². The van der Waals surface area contributed by atoms with Gasteiger partial charge in [0.15, 0.2) is 0 Å². The average Bonchev–Trinajstić information content (AvgIpc) is 3.23. The van der Waals surface area contributed by atoms with Gasteiger partial charge in [0, 0.05) is 11.7 Å². The summed E-state index contributed by atoms with van der Waals surface area (Å²) in [6, 6.07) is 7.92. The Hall–Kier alpha value is -3.61. The van der Waals surface area contributed by atoms with Crippen molar-refractivity contribution in [2.45, 2.75) is 31.0 Å². The summed E-state index contributed by atoms with van der Waals surface area (Å²) >= 11 is 0. The van der Waals surface area contributed by atoms with Gasteiger partial charge in [-0.1, -0.05) is 0 Å². The van der Waals surface area contributed by atoms with Crippen molar-refractivity contribution in [2.24, 2.45) is 0 Å². The zero-order chi connectivity index (χ0) is 24.7. The van der Waals surface area contributed by atoms with Crippen LogP contribution in [0.25, 0.3) is 0 Å². The molecule has 0 radical (unpaired) electrons. The molecule has 180 valence electrons. The highest BCUT2D eigenvalue weighted by atomic mass is 32.2. The SMILES string of the molecule is CC(C)n1cnc(C(=O)Nc2ccc3c(c2)S(=O)(=O)N(c2ccc(C(F)(F)F)cc2)CCO3)n1. The molecule has 2 heterocycles. The first-order valence-electron chi connectivity index (χ1n) is 10.2. The highest BCUT2D eigenvalue weighted by Crippen LogP contribution is 2.36. The standard InChI is InChI=1S/C21H20F3N5O4S/c1-13(2)28-12-25-19(27-28)20(30)26-15-5-8-17-18(11-15)34(31,32)29(9-10-33-17)16-6-3-14(4-7-16)21(22,23)24/h3-8,11-13H,9-10H2,1-2H3,(H,26,30). The third kappa shape index (κ3) is 4.55. The quantitative estimate of drug-likeness (QED) is 0.592. The Morgan fingerprint density at radius 2 is 1.85 bits per heavy atom. The largest absolute Gasteiger partial charge is 0.490 e. The smallest absolute Gasteiger partial charge is 0.416 e. The molecule has 1 amide bonds. The molecule has 1 aliphatic rings. The summed E-state index contributed by atoms with van der Waals surface area (Å²) in [4.78, 5) is 16.2. The predicted molar refractivity (Wildman–Crippen MR) is 116 cm³/mol. The Kier molecular flexibility index (Phi) is 5.98. The van der Waals surface area contributed by atoms with Gasteiger partial charge in [0.05, 0.1) is 17.8 Å². The summed E-state index contributed by atoms with van der Waals surface area (Å²) in [6.45, 7) is 3.61. The zero-order valence-corrected chi connectivity index (χ0v) is 18.9. The number of carbonyl (C=O) groups excluding carboxylic acids is 1. The molecule has 0 saturated carbocycles. The van der Waals surface area contributed by atoms with Gasteiger partial charge in [0.2, 0.25) is 5.82 Å². The van der Waals surface area contributed by atoms with Gasteiger partial charge in [-0.15, -0.1) is 5.10 Å². The van der Waals surface area contributed by atoms with E-state index in [1.807, 2.05) is 13.8 Å². The van der Waals surface area contributed by atoms with E-state index >= 15 is 0 Å². The Morgan fingerprint density at radius 1 is 1.15 bits per heavy atom. The third-order valence-corrected chi connectivity index (χ3v) is 6.89. The summed E-state index contributed by atoms with van der Waals surface area (Å²) in [5.41, 5.74) is -0.674. The average molecular weight is 495 g/mol. The fourth-order valence-electron chi connectivity index (χ4n) is 3.28. The summed E-state index contributed by atoms with van der Waals surface area (Å²) < 4.78 is 73.4. The minimum absolute atomic E-state index is 0.0000156. The highest BCUT2D eigenvalue weighted by Gasteiger charge is 2.34. The zero-order valence-electron chi connectivity index (χ0n) is 18.1. The van der Waals surface area contributed by atoms with Gasteiger partial charge in [-0.05, 0) is 56.3 Å². The lowest BCUT2D eigenvalue weighted by molar-refractivity contribution is -0.137. The first kappa shape index (κ1) is 23.5. The molecule has 0 saturated heterocycles. The van der Waals surface area contributed by atoms with Crippen LogP contribution in [0.15, 0.2) is 53.7 Å². The number of fused-ring (bicyclic) bond motifs is 1. The molecule has 9 nitrogen and oxygen atoms in total. The fourth-order valence-corrected chi connectivity index (χ4v) is 4.89. The van der Waals surface area contributed by atoms with E-state index in [9.17, 15) is 26.4 Å². The number of carbonyl (C=O) groups is 1. The Bertz CT molecular complexity index is 1320. The molecular formula is C21H20F3N5O4S. The van der Waals surface area contributed by atoms with Crippen LogP contribution in [0.3, 0.4) is 0 Å². The number of nitrogens with zero attached hydrogens (tertiary/aromatic N) is 4. The Labute approximate surface area is 193 Å². The molecule has 1 N–H and O–H groups in total. The predicted octanol–water partition coefficient (Wildman–Crippen LogP) is 3.72. The maximum Gasteiger partial charge on any atom is 0.416 e. The lowest BCUT2D eigenvalue weighted by Crippen LogP contribution is -2.32. The van der Waals surface area contributed by atoms with Crippen molar-refractivity contribution in [3.05, 3.63) is 60.2 Å². The van der Waals surface area contributed by atoms with E-state index in [-0.39, 0.29) is 47.0 Å². The summed E-state index contributed by atoms with van der Waals surface area (Å²) in [6.07, 6.45) is -3.13. The van der Waals surface area contributed by atoms with Gasteiger partial charge in [0.25, 0.3) is 15.9 Å². The second-order valence-electron chi connectivity index (χ2n) is 7.73. The number of anilines is 2. The van der Waals surface area contributed by atoms with Crippen LogP contribution >= 0.6 is 0 Å². The monoisotopic (exact) mass is 495 g/mol. The minimum Gasteiger partial charge on any atom is -0.490 e. The second-order valence-corrected chi connectivity index (χ2v) is 9.56. The first-order chi connectivity index (χ1) is 16.0. The van der Waals surface area contributed by atoms with Gasteiger partial charge in [0.1, 0.15) is 23.6 Å². The molecular weight excluding hydrogens is 475 g/mol. The minimum atomic E-state index is -4.54. The molecule has 0 fully saturated rings. The number of halogens is 3. The van der Waals surface area contributed by atoms with Gasteiger partial charge in [-0.3, -0.25) is 9.10 Å². The van der Waals surface area contributed by atoms with Crippen LogP contribution in [0.4, 0.5) is 24.5 Å². The van der Waals surface area contributed by atoms with Crippen molar-refractivity contribution >= 4 is 27.3 Å². The number of ether oxygens (including phenoxy) is 1. The number of sulfonamides is 1. The summed E-state index contributed by atoms with van der Waals surface area (Å²) in [5.74, 6) is -0.658. The maximum absolute atomic E-state index is 13.4. The number of alkyl halides is 3. The molecule has 0 spiro atoms. The molecule has 0 unspecified atom stereocenters. The van der Waals surface area contributed by atoms with Crippen LogP contribution in [0.2, 0.25) is 0 Å². The van der Waals surface area contributed by atoms with Crippen molar-refractivity contribution in [1.82, 2.24) is 14.8 Å². The van der Waals surface area contributed by atoms with Crippen LogP contribution in [0.5, 0.6) is 5.75 Å². The molecule has 34 heavy (non-hydrogen) atoms. The lowest BCUT2D eigenvalue weighted by Gasteiger charge is -2.22. The molecule has 4 rings (SSSR count). The number of hydrogen-bond acceptors (Lipinski definition) is 6. The normalized spacial score (nSPS) is 15.4. The van der Waals surface area contributed by atoms with Crippen LogP contribution in [0, 0.1) is 0 Å². The van der Waals surface area contributed by atoms with E-state index in [0.29, 0.717) is 0 Å². The van der Waals surface area contributed by atoms with Gasteiger partial charge >= 0.3 is 6.18 Å². The Balaban J connectivity index is 1.63. The number of benzene rings is 2. The molecule has 0 bridgehead atoms. The molecule has 13 heteroatoms. The van der Waals surface area contributed by atoms with Crippen LogP contribution in [-0.2, 0) is 16.2 Å². The van der Waals surface area contributed by atoms with E-state index in [4.69, 9.17) is 4.74 Å². The topological polar surface area (TPSA) is 106 Å². The first-order valence-corrected chi connectivity index (χ1v) is 11.6. The van der Waals surface area contributed by atoms with Crippen molar-refractivity contribution in [2.75, 3.05) is 22.8 Å². The fraction of sp³-hybridized carbons (Fsp3) is 0.286. The summed E-state index contributed by atoms with van der Waals surface area (Å²) in [7, 11) is -4.21. The number of nitrogens with one attached hydrogen (secondary N) is 1. The van der Waals surface area contributed by atoms with E-state index in [1.54, 1.807) is 0 Å². The number of amides is 1. The Morgan fingerprint density at radius 3 is 2.47 bits per heavy atom. The summed E-state index contributed by atoms with van der Waals surface area (Å²) in [5, 5.41) is 6.63. The van der Waals surface area contributed by atoms with Crippen molar-refractivity contribution < 1.29 is 31.1 Å². The molecule has 0 atom stereocenters. The maximum atomic E-state index is 13.4. The van der Waals surface area contributed by atoms with E-state index in [1.165, 1.54) is 29.2 Å². The molecule has 0 aliphatic carbocycles. The van der Waals surface area contributed by atoms with Crippen molar-refractivity contribution in [3.63, 3.8) is 0 Å². The van der Waals surface area contributed by atoms with E-state index < -0.39 is 27.7 Å². The molecule has 2 aromatic carbocycles. The highest BCUT2D eigenvalue weighted by molar-refractivity contribution is 7.93. The molecule has 1 aliphatic heterocycles. The molecule has 1 aromatic heterocycles. The van der Waals surface area contributed by atoms with Crippen molar-refractivity contribution in [1.29, 1.82) is 0 Å². The second kappa shape index (κ2) is 8.63. The van der Waals surface area contributed by atoms with Crippen molar-refractivity contribution in [3.8, 4) is 5.75 Å². The van der Waals surface area contributed by atoms with Crippen LogP contribution in [-0.4, -0.2) is 42.2 Å². The number of hydrogen-bond donors (Lipinski definition) is 1. The van der Waals surface area contributed by atoms with Crippen LogP contribution in [0.1, 0.15) is 36.1 Å². The van der Waals surface area contributed by atoms with E-state index in [2.05, 4.69) is 15.4 Å². The van der Waals surface area contributed by atoms with Crippen LogP contribution < -0.4 is 14.4 Å². The van der Waals surface area contributed by atoms with Gasteiger partial charge in [-0.2, -0.15) is 13.2 Å². The number of rotatable bonds is 4.